The van der Waals surface area contributed by atoms with Gasteiger partial charge >= 0.3 is 5.97 Å². The van der Waals surface area contributed by atoms with Gasteiger partial charge in [-0.05, 0) is 32.7 Å². The SMILES string of the molecule is CCOC(=O)C(CC)N1CCCC(OC)C1. The van der Waals surface area contributed by atoms with Crippen molar-refractivity contribution < 1.29 is 14.3 Å². The first-order valence-electron chi connectivity index (χ1n) is 6.16. The zero-order valence-electron chi connectivity index (χ0n) is 10.6. The van der Waals surface area contributed by atoms with Crippen molar-refractivity contribution in [1.29, 1.82) is 0 Å². The highest BCUT2D eigenvalue weighted by Gasteiger charge is 2.29. The summed E-state index contributed by atoms with van der Waals surface area (Å²) < 4.78 is 10.5. The maximum absolute atomic E-state index is 11.8. The monoisotopic (exact) mass is 229 g/mol. The van der Waals surface area contributed by atoms with Crippen molar-refractivity contribution >= 4 is 5.97 Å². The minimum Gasteiger partial charge on any atom is -0.465 e. The van der Waals surface area contributed by atoms with Crippen LogP contribution < -0.4 is 0 Å². The van der Waals surface area contributed by atoms with Gasteiger partial charge in [-0.25, -0.2) is 0 Å². The lowest BCUT2D eigenvalue weighted by Gasteiger charge is -2.36. The Morgan fingerprint density at radius 3 is 2.81 bits per heavy atom. The Labute approximate surface area is 97.9 Å². The molecule has 2 atom stereocenters. The van der Waals surface area contributed by atoms with Crippen molar-refractivity contribution in [3.05, 3.63) is 0 Å². The van der Waals surface area contributed by atoms with Crippen LogP contribution in [0.1, 0.15) is 33.1 Å². The van der Waals surface area contributed by atoms with E-state index >= 15 is 0 Å². The summed E-state index contributed by atoms with van der Waals surface area (Å²) in [6.07, 6.45) is 3.24. The van der Waals surface area contributed by atoms with Gasteiger partial charge in [-0.3, -0.25) is 9.69 Å². The van der Waals surface area contributed by atoms with Crippen molar-refractivity contribution in [3.8, 4) is 0 Å². The lowest BCUT2D eigenvalue weighted by atomic mass is 10.0. The Balaban J connectivity index is 2.54. The molecule has 94 valence electrons. The molecular formula is C12H23NO3. The van der Waals surface area contributed by atoms with Crippen LogP contribution in [0.15, 0.2) is 0 Å². The highest BCUT2D eigenvalue weighted by Crippen LogP contribution is 2.17. The van der Waals surface area contributed by atoms with Crippen LogP contribution >= 0.6 is 0 Å². The Hall–Kier alpha value is -0.610. The quantitative estimate of drug-likeness (QED) is 0.669. The Kier molecular flexibility index (Phi) is 5.77. The minimum absolute atomic E-state index is 0.0956. The largest absolute Gasteiger partial charge is 0.465 e. The number of carbonyl (C=O) groups excluding carboxylic acids is 1. The van der Waals surface area contributed by atoms with Gasteiger partial charge in [0.05, 0.1) is 12.7 Å². The molecule has 0 aliphatic carbocycles. The normalized spacial score (nSPS) is 24.1. The number of rotatable bonds is 5. The van der Waals surface area contributed by atoms with Gasteiger partial charge in [0.1, 0.15) is 6.04 Å². The van der Waals surface area contributed by atoms with E-state index in [-0.39, 0.29) is 18.1 Å². The third kappa shape index (κ3) is 3.46. The molecule has 4 nitrogen and oxygen atoms in total. The average Bonchev–Trinajstić information content (AvgIpc) is 2.31. The molecule has 0 aromatic carbocycles. The summed E-state index contributed by atoms with van der Waals surface area (Å²) in [6.45, 7) is 6.14. The number of ether oxygens (including phenoxy) is 2. The van der Waals surface area contributed by atoms with E-state index in [1.54, 1.807) is 7.11 Å². The van der Waals surface area contributed by atoms with Gasteiger partial charge in [0, 0.05) is 13.7 Å². The molecule has 0 spiro atoms. The third-order valence-electron chi connectivity index (χ3n) is 3.13. The molecule has 0 radical (unpaired) electrons. The molecule has 4 heteroatoms. The molecule has 0 aromatic rings. The molecule has 1 rings (SSSR count). The molecule has 2 unspecified atom stereocenters. The number of hydrogen-bond donors (Lipinski definition) is 0. The van der Waals surface area contributed by atoms with Gasteiger partial charge < -0.3 is 9.47 Å². The predicted molar refractivity (Wildman–Crippen MR) is 62.3 cm³/mol. The first-order chi connectivity index (χ1) is 7.72. The van der Waals surface area contributed by atoms with Crippen molar-refractivity contribution in [1.82, 2.24) is 4.90 Å². The Morgan fingerprint density at radius 1 is 1.50 bits per heavy atom. The molecule has 0 N–H and O–H groups in total. The second-order valence-electron chi connectivity index (χ2n) is 4.17. The second-order valence-corrected chi connectivity index (χ2v) is 4.17. The van der Waals surface area contributed by atoms with E-state index in [1.165, 1.54) is 0 Å². The number of likely N-dealkylation sites (tertiary alicyclic amines) is 1. The number of carbonyl (C=O) groups is 1. The predicted octanol–water partition coefficient (Wildman–Crippen LogP) is 1.44. The van der Waals surface area contributed by atoms with Crippen LogP contribution in [0.3, 0.4) is 0 Å². The van der Waals surface area contributed by atoms with E-state index in [4.69, 9.17) is 9.47 Å². The minimum atomic E-state index is -0.0992. The van der Waals surface area contributed by atoms with Crippen molar-refractivity contribution in [2.45, 2.75) is 45.3 Å². The molecule has 16 heavy (non-hydrogen) atoms. The first-order valence-corrected chi connectivity index (χ1v) is 6.16. The summed E-state index contributed by atoms with van der Waals surface area (Å²) in [6, 6.07) is -0.0992. The van der Waals surface area contributed by atoms with Crippen molar-refractivity contribution in [2.75, 3.05) is 26.8 Å². The second kappa shape index (κ2) is 6.86. The van der Waals surface area contributed by atoms with Gasteiger partial charge in [0.15, 0.2) is 0 Å². The molecule has 1 aliphatic rings. The Morgan fingerprint density at radius 2 is 2.25 bits per heavy atom. The maximum Gasteiger partial charge on any atom is 0.323 e. The van der Waals surface area contributed by atoms with Crippen LogP contribution in [0.2, 0.25) is 0 Å². The highest BCUT2D eigenvalue weighted by atomic mass is 16.5. The molecule has 0 aromatic heterocycles. The molecule has 1 aliphatic heterocycles. The Bertz CT molecular complexity index is 220. The topological polar surface area (TPSA) is 38.8 Å². The summed E-state index contributed by atoms with van der Waals surface area (Å²) >= 11 is 0. The van der Waals surface area contributed by atoms with Crippen LogP contribution in [0.4, 0.5) is 0 Å². The molecule has 0 saturated carbocycles. The molecule has 1 heterocycles. The van der Waals surface area contributed by atoms with Crippen LogP contribution in [-0.2, 0) is 14.3 Å². The maximum atomic E-state index is 11.8. The van der Waals surface area contributed by atoms with Crippen molar-refractivity contribution in [2.24, 2.45) is 0 Å². The van der Waals surface area contributed by atoms with E-state index in [0.29, 0.717) is 6.61 Å². The molecular weight excluding hydrogens is 206 g/mol. The standard InChI is InChI=1S/C12H23NO3/c1-4-11(12(14)16-5-2)13-8-6-7-10(9-13)15-3/h10-11H,4-9H2,1-3H3. The smallest absolute Gasteiger partial charge is 0.323 e. The van der Waals surface area contributed by atoms with E-state index < -0.39 is 0 Å². The summed E-state index contributed by atoms with van der Waals surface area (Å²) in [7, 11) is 1.74. The molecule has 1 saturated heterocycles. The molecule has 0 bridgehead atoms. The molecule has 0 amide bonds. The lowest BCUT2D eigenvalue weighted by Crippen LogP contribution is -2.49. The van der Waals surface area contributed by atoms with E-state index in [2.05, 4.69) is 4.90 Å². The summed E-state index contributed by atoms with van der Waals surface area (Å²) in [4.78, 5) is 14.0. The van der Waals surface area contributed by atoms with Crippen LogP contribution in [-0.4, -0.2) is 49.8 Å². The summed E-state index contributed by atoms with van der Waals surface area (Å²) in [5.74, 6) is -0.0956. The van der Waals surface area contributed by atoms with Gasteiger partial charge in [0.25, 0.3) is 0 Å². The number of piperidine rings is 1. The lowest BCUT2D eigenvalue weighted by molar-refractivity contribution is -0.151. The van der Waals surface area contributed by atoms with Gasteiger partial charge in [-0.1, -0.05) is 6.92 Å². The summed E-state index contributed by atoms with van der Waals surface area (Å²) in [5, 5.41) is 0. The fraction of sp³-hybridized carbons (Fsp3) is 0.917. The zero-order valence-corrected chi connectivity index (χ0v) is 10.6. The van der Waals surface area contributed by atoms with E-state index in [0.717, 1.165) is 32.4 Å². The van der Waals surface area contributed by atoms with Gasteiger partial charge in [-0.2, -0.15) is 0 Å². The number of methoxy groups -OCH3 is 1. The van der Waals surface area contributed by atoms with Crippen LogP contribution in [0, 0.1) is 0 Å². The van der Waals surface area contributed by atoms with Gasteiger partial charge in [0.2, 0.25) is 0 Å². The van der Waals surface area contributed by atoms with E-state index in [1.807, 2.05) is 13.8 Å². The fourth-order valence-electron chi connectivity index (χ4n) is 2.25. The number of nitrogens with zero attached hydrogens (tertiary/aromatic N) is 1. The van der Waals surface area contributed by atoms with Crippen molar-refractivity contribution in [3.63, 3.8) is 0 Å². The first kappa shape index (κ1) is 13.5. The highest BCUT2D eigenvalue weighted by molar-refractivity contribution is 5.75. The average molecular weight is 229 g/mol. The number of hydrogen-bond acceptors (Lipinski definition) is 4. The summed E-state index contributed by atoms with van der Waals surface area (Å²) in [5.41, 5.74) is 0. The van der Waals surface area contributed by atoms with E-state index in [9.17, 15) is 4.79 Å². The van der Waals surface area contributed by atoms with Crippen LogP contribution in [0.25, 0.3) is 0 Å². The molecule has 1 fully saturated rings. The van der Waals surface area contributed by atoms with Crippen LogP contribution in [0.5, 0.6) is 0 Å². The van der Waals surface area contributed by atoms with Gasteiger partial charge in [-0.15, -0.1) is 0 Å². The number of esters is 1. The fourth-order valence-corrected chi connectivity index (χ4v) is 2.25. The third-order valence-corrected chi connectivity index (χ3v) is 3.13. The zero-order chi connectivity index (χ0) is 12.0.